The Labute approximate surface area is 119 Å². The Morgan fingerprint density at radius 1 is 1.45 bits per heavy atom. The number of hydrogen-bond donors (Lipinski definition) is 1. The van der Waals surface area contributed by atoms with Gasteiger partial charge >= 0.3 is 5.97 Å². The molecule has 0 aliphatic carbocycles. The Morgan fingerprint density at radius 2 is 2.20 bits per heavy atom. The number of carbonyl (C=O) groups is 1. The van der Waals surface area contributed by atoms with Crippen LogP contribution in [0.5, 0.6) is 0 Å². The van der Waals surface area contributed by atoms with E-state index in [1.807, 2.05) is 0 Å². The van der Waals surface area contributed by atoms with E-state index in [4.69, 9.17) is 4.74 Å². The van der Waals surface area contributed by atoms with Crippen molar-refractivity contribution >= 4 is 22.4 Å². The molecule has 0 saturated carbocycles. The third kappa shape index (κ3) is 3.89. The number of hydrogen-bond acceptors (Lipinski definition) is 5. The van der Waals surface area contributed by atoms with E-state index in [2.05, 4.69) is 16.9 Å². The molecule has 1 heterocycles. The first kappa shape index (κ1) is 14.2. The lowest BCUT2D eigenvalue weighted by molar-refractivity contribution is 0.0467. The fourth-order valence-corrected chi connectivity index (χ4v) is 2.10. The number of benzene rings is 1. The second-order valence-electron chi connectivity index (χ2n) is 3.91. The standard InChI is InChI=1S/C14H13FN2O2S/c1-2-7-16-14-17-12(9-20-14)13(18)19-8-10-3-5-11(15)6-4-10/h2-6,9H,1,7-8H2,(H,16,17). The molecule has 0 aliphatic heterocycles. The summed E-state index contributed by atoms with van der Waals surface area (Å²) in [7, 11) is 0. The van der Waals surface area contributed by atoms with E-state index in [1.54, 1.807) is 23.6 Å². The van der Waals surface area contributed by atoms with Crippen molar-refractivity contribution in [3.8, 4) is 0 Å². The van der Waals surface area contributed by atoms with Crippen LogP contribution in [0.2, 0.25) is 0 Å². The highest BCUT2D eigenvalue weighted by Gasteiger charge is 2.12. The van der Waals surface area contributed by atoms with Crippen molar-refractivity contribution < 1.29 is 13.9 Å². The van der Waals surface area contributed by atoms with Gasteiger partial charge in [0.1, 0.15) is 12.4 Å². The fourth-order valence-electron chi connectivity index (χ4n) is 1.41. The molecule has 1 N–H and O–H groups in total. The van der Waals surface area contributed by atoms with E-state index in [9.17, 15) is 9.18 Å². The maximum atomic E-state index is 12.7. The van der Waals surface area contributed by atoms with E-state index in [-0.39, 0.29) is 18.1 Å². The minimum Gasteiger partial charge on any atom is -0.456 e. The molecule has 104 valence electrons. The van der Waals surface area contributed by atoms with Gasteiger partial charge in [0, 0.05) is 11.9 Å². The summed E-state index contributed by atoms with van der Waals surface area (Å²) in [5.41, 5.74) is 0.976. The molecule has 20 heavy (non-hydrogen) atoms. The summed E-state index contributed by atoms with van der Waals surface area (Å²) in [4.78, 5) is 15.9. The zero-order valence-electron chi connectivity index (χ0n) is 10.6. The summed E-state index contributed by atoms with van der Waals surface area (Å²) >= 11 is 1.32. The van der Waals surface area contributed by atoms with E-state index >= 15 is 0 Å². The van der Waals surface area contributed by atoms with E-state index in [0.717, 1.165) is 5.56 Å². The SMILES string of the molecule is C=CCNc1nc(C(=O)OCc2ccc(F)cc2)cs1. The molecular formula is C14H13FN2O2S. The van der Waals surface area contributed by atoms with Crippen LogP contribution in [0.15, 0.2) is 42.3 Å². The van der Waals surface area contributed by atoms with Crippen LogP contribution in [0.25, 0.3) is 0 Å². The molecule has 2 rings (SSSR count). The molecule has 6 heteroatoms. The van der Waals surface area contributed by atoms with Crippen molar-refractivity contribution in [3.63, 3.8) is 0 Å². The van der Waals surface area contributed by atoms with Crippen molar-refractivity contribution in [2.24, 2.45) is 0 Å². The largest absolute Gasteiger partial charge is 0.456 e. The Balaban J connectivity index is 1.89. The van der Waals surface area contributed by atoms with Gasteiger partial charge in [-0.3, -0.25) is 0 Å². The molecule has 4 nitrogen and oxygen atoms in total. The average molecular weight is 292 g/mol. The van der Waals surface area contributed by atoms with Gasteiger partial charge in [0.15, 0.2) is 10.8 Å². The third-order valence-corrected chi connectivity index (χ3v) is 3.19. The summed E-state index contributed by atoms with van der Waals surface area (Å²) in [6.07, 6.45) is 1.70. The highest BCUT2D eigenvalue weighted by atomic mass is 32.1. The Hall–Kier alpha value is -2.21. The summed E-state index contributed by atoms with van der Waals surface area (Å²) in [6.45, 7) is 4.25. The molecule has 0 amide bonds. The maximum absolute atomic E-state index is 12.7. The quantitative estimate of drug-likeness (QED) is 0.656. The zero-order valence-corrected chi connectivity index (χ0v) is 11.5. The Bertz CT molecular complexity index is 595. The summed E-state index contributed by atoms with van der Waals surface area (Å²) in [6, 6.07) is 5.79. The van der Waals surface area contributed by atoms with Crippen LogP contribution in [-0.4, -0.2) is 17.5 Å². The van der Waals surface area contributed by atoms with Crippen LogP contribution in [0.4, 0.5) is 9.52 Å². The van der Waals surface area contributed by atoms with Crippen molar-refractivity contribution in [2.75, 3.05) is 11.9 Å². The molecule has 0 bridgehead atoms. The maximum Gasteiger partial charge on any atom is 0.358 e. The van der Waals surface area contributed by atoms with Gasteiger partial charge in [-0.1, -0.05) is 18.2 Å². The lowest BCUT2D eigenvalue weighted by Gasteiger charge is -2.03. The average Bonchev–Trinajstić information content (AvgIpc) is 2.93. The van der Waals surface area contributed by atoms with Gasteiger partial charge in [-0.2, -0.15) is 0 Å². The number of ether oxygens (including phenoxy) is 1. The van der Waals surface area contributed by atoms with Gasteiger partial charge in [0.05, 0.1) is 0 Å². The predicted molar refractivity (Wildman–Crippen MR) is 76.3 cm³/mol. The van der Waals surface area contributed by atoms with Crippen molar-refractivity contribution in [2.45, 2.75) is 6.61 Å². The number of carbonyl (C=O) groups excluding carboxylic acids is 1. The van der Waals surface area contributed by atoms with Gasteiger partial charge in [-0.25, -0.2) is 14.2 Å². The summed E-state index contributed by atoms with van der Waals surface area (Å²) < 4.78 is 17.8. The van der Waals surface area contributed by atoms with Crippen LogP contribution < -0.4 is 5.32 Å². The first-order valence-corrected chi connectivity index (χ1v) is 6.79. The van der Waals surface area contributed by atoms with E-state index in [1.165, 1.54) is 23.5 Å². The van der Waals surface area contributed by atoms with Crippen LogP contribution >= 0.6 is 11.3 Å². The first-order valence-electron chi connectivity index (χ1n) is 5.91. The molecule has 1 aromatic carbocycles. The molecular weight excluding hydrogens is 279 g/mol. The van der Waals surface area contributed by atoms with Crippen molar-refractivity contribution in [1.29, 1.82) is 0 Å². The molecule has 0 radical (unpaired) electrons. The first-order chi connectivity index (χ1) is 9.69. The molecule has 0 unspecified atom stereocenters. The summed E-state index contributed by atoms with van der Waals surface area (Å²) in [5, 5.41) is 5.25. The smallest absolute Gasteiger partial charge is 0.358 e. The van der Waals surface area contributed by atoms with Gasteiger partial charge < -0.3 is 10.1 Å². The number of rotatable bonds is 6. The Morgan fingerprint density at radius 3 is 2.90 bits per heavy atom. The fraction of sp³-hybridized carbons (Fsp3) is 0.143. The number of anilines is 1. The van der Waals surface area contributed by atoms with Crippen molar-refractivity contribution in [1.82, 2.24) is 4.98 Å². The van der Waals surface area contributed by atoms with E-state index < -0.39 is 5.97 Å². The van der Waals surface area contributed by atoms with Crippen molar-refractivity contribution in [3.05, 3.63) is 59.4 Å². The second kappa shape index (κ2) is 6.81. The number of aromatic nitrogens is 1. The molecule has 0 aliphatic rings. The number of halogens is 1. The van der Waals surface area contributed by atoms with Gasteiger partial charge in [0.2, 0.25) is 0 Å². The number of nitrogens with zero attached hydrogens (tertiary/aromatic N) is 1. The molecule has 0 saturated heterocycles. The van der Waals surface area contributed by atoms with Crippen LogP contribution in [0.1, 0.15) is 16.1 Å². The Kier molecular flexibility index (Phi) is 4.84. The normalized spacial score (nSPS) is 10.1. The zero-order chi connectivity index (χ0) is 14.4. The van der Waals surface area contributed by atoms with Crippen LogP contribution in [0, 0.1) is 5.82 Å². The second-order valence-corrected chi connectivity index (χ2v) is 4.77. The third-order valence-electron chi connectivity index (χ3n) is 2.39. The molecule has 1 aromatic heterocycles. The molecule has 0 atom stereocenters. The predicted octanol–water partition coefficient (Wildman–Crippen LogP) is 3.24. The van der Waals surface area contributed by atoms with E-state index in [0.29, 0.717) is 11.7 Å². The number of nitrogens with one attached hydrogen (secondary N) is 1. The molecule has 2 aromatic rings. The van der Waals surface area contributed by atoms with Crippen LogP contribution in [-0.2, 0) is 11.3 Å². The lowest BCUT2D eigenvalue weighted by atomic mass is 10.2. The molecule has 0 spiro atoms. The summed E-state index contributed by atoms with van der Waals surface area (Å²) in [5.74, 6) is -0.824. The topological polar surface area (TPSA) is 51.2 Å². The van der Waals surface area contributed by atoms with Crippen LogP contribution in [0.3, 0.4) is 0 Å². The minimum atomic E-state index is -0.503. The highest BCUT2D eigenvalue weighted by Crippen LogP contribution is 2.16. The lowest BCUT2D eigenvalue weighted by Crippen LogP contribution is -2.06. The number of thiazole rings is 1. The monoisotopic (exact) mass is 292 g/mol. The molecule has 0 fully saturated rings. The van der Waals surface area contributed by atoms with Gasteiger partial charge in [-0.05, 0) is 17.7 Å². The van der Waals surface area contributed by atoms with Gasteiger partial charge in [-0.15, -0.1) is 17.9 Å². The minimum absolute atomic E-state index is 0.0893. The van der Waals surface area contributed by atoms with Gasteiger partial charge in [0.25, 0.3) is 0 Å². The number of esters is 1. The highest BCUT2D eigenvalue weighted by molar-refractivity contribution is 7.13.